The highest BCUT2D eigenvalue weighted by Crippen LogP contribution is 2.16. The molecule has 0 bridgehead atoms. The van der Waals surface area contributed by atoms with Gasteiger partial charge in [0.15, 0.2) is 0 Å². The lowest BCUT2D eigenvalue weighted by Crippen LogP contribution is -2.00. The van der Waals surface area contributed by atoms with Gasteiger partial charge < -0.3 is 10.4 Å². The monoisotopic (exact) mass is 363 g/mol. The standard InChI is InChI=1S/C11H13NO3.C6H5Br/c13-8-12-10-6-2-1-4-9(10)5-3-7-11(14)15;7-6-4-2-1-3-5-6/h1-2,4,6,8H,3,5,7H2,(H,12,13)(H,14,15);1-5H. The lowest BCUT2D eigenvalue weighted by atomic mass is 10.1. The van der Waals surface area contributed by atoms with E-state index in [1.54, 1.807) is 6.07 Å². The number of nitrogens with one attached hydrogen (secondary N) is 1. The number of benzene rings is 2. The molecule has 2 aromatic rings. The summed E-state index contributed by atoms with van der Waals surface area (Å²) in [6.45, 7) is 0. The van der Waals surface area contributed by atoms with Crippen molar-refractivity contribution < 1.29 is 14.7 Å². The Labute approximate surface area is 138 Å². The molecule has 0 unspecified atom stereocenters. The molecule has 2 rings (SSSR count). The Hall–Kier alpha value is -2.14. The number of anilines is 1. The van der Waals surface area contributed by atoms with E-state index in [0.29, 0.717) is 19.3 Å². The number of carboxylic acids is 1. The molecule has 0 fully saturated rings. The van der Waals surface area contributed by atoms with Crippen molar-refractivity contribution in [2.45, 2.75) is 19.3 Å². The molecule has 22 heavy (non-hydrogen) atoms. The first-order valence-corrected chi connectivity index (χ1v) is 7.63. The van der Waals surface area contributed by atoms with Crippen molar-refractivity contribution in [2.75, 3.05) is 5.32 Å². The van der Waals surface area contributed by atoms with Gasteiger partial charge in [-0.3, -0.25) is 9.59 Å². The van der Waals surface area contributed by atoms with Crippen LogP contribution in [0.3, 0.4) is 0 Å². The molecule has 0 aliphatic rings. The number of para-hydroxylation sites is 1. The average molecular weight is 364 g/mol. The number of rotatable bonds is 6. The first kappa shape index (κ1) is 17.9. The van der Waals surface area contributed by atoms with Gasteiger partial charge in [-0.15, -0.1) is 0 Å². The van der Waals surface area contributed by atoms with Crippen molar-refractivity contribution in [1.29, 1.82) is 0 Å². The molecule has 0 saturated heterocycles. The molecule has 0 aliphatic carbocycles. The van der Waals surface area contributed by atoms with Crippen LogP contribution >= 0.6 is 15.9 Å². The molecule has 4 nitrogen and oxygen atoms in total. The maximum atomic E-state index is 10.3. The van der Waals surface area contributed by atoms with Gasteiger partial charge in [0.1, 0.15) is 0 Å². The number of aryl methyl sites for hydroxylation is 1. The fourth-order valence-corrected chi connectivity index (χ4v) is 2.09. The summed E-state index contributed by atoms with van der Waals surface area (Å²) < 4.78 is 1.13. The van der Waals surface area contributed by atoms with Gasteiger partial charge >= 0.3 is 5.97 Å². The minimum Gasteiger partial charge on any atom is -0.481 e. The average Bonchev–Trinajstić information content (AvgIpc) is 2.50. The highest BCUT2D eigenvalue weighted by Gasteiger charge is 2.02. The molecule has 0 radical (unpaired) electrons. The largest absolute Gasteiger partial charge is 0.481 e. The zero-order valence-electron chi connectivity index (χ0n) is 12.0. The van der Waals surface area contributed by atoms with Gasteiger partial charge in [0, 0.05) is 16.6 Å². The Morgan fingerprint density at radius 2 is 1.73 bits per heavy atom. The third-order valence-corrected chi connectivity index (χ3v) is 3.33. The normalized spacial score (nSPS) is 9.32. The van der Waals surface area contributed by atoms with E-state index in [1.165, 1.54) is 0 Å². The molecule has 0 saturated carbocycles. The topological polar surface area (TPSA) is 66.4 Å². The lowest BCUT2D eigenvalue weighted by Gasteiger charge is -2.06. The van der Waals surface area contributed by atoms with Crippen molar-refractivity contribution in [3.63, 3.8) is 0 Å². The summed E-state index contributed by atoms with van der Waals surface area (Å²) in [6, 6.07) is 17.3. The van der Waals surface area contributed by atoms with Gasteiger partial charge in [-0.1, -0.05) is 52.3 Å². The molecule has 5 heteroatoms. The first-order chi connectivity index (χ1) is 10.6. The van der Waals surface area contributed by atoms with E-state index in [2.05, 4.69) is 21.2 Å². The molecule has 0 heterocycles. The Balaban J connectivity index is 0.000000287. The van der Waals surface area contributed by atoms with Crippen LogP contribution in [0.4, 0.5) is 5.69 Å². The maximum Gasteiger partial charge on any atom is 0.303 e. The zero-order chi connectivity index (χ0) is 16.2. The van der Waals surface area contributed by atoms with Crippen LogP contribution in [0.1, 0.15) is 18.4 Å². The van der Waals surface area contributed by atoms with Gasteiger partial charge in [-0.2, -0.15) is 0 Å². The zero-order valence-corrected chi connectivity index (χ0v) is 13.6. The lowest BCUT2D eigenvalue weighted by molar-refractivity contribution is -0.137. The van der Waals surface area contributed by atoms with E-state index in [0.717, 1.165) is 15.7 Å². The van der Waals surface area contributed by atoms with Crippen molar-refractivity contribution in [2.24, 2.45) is 0 Å². The molecule has 2 N–H and O–H groups in total. The summed E-state index contributed by atoms with van der Waals surface area (Å²) in [5.41, 5.74) is 1.71. The molecule has 2 aromatic carbocycles. The Bertz CT molecular complexity index is 587. The summed E-state index contributed by atoms with van der Waals surface area (Å²) in [6.07, 6.45) is 2.00. The van der Waals surface area contributed by atoms with E-state index in [-0.39, 0.29) is 6.42 Å². The fourth-order valence-electron chi connectivity index (χ4n) is 1.79. The van der Waals surface area contributed by atoms with Gasteiger partial charge in [0.25, 0.3) is 0 Å². The van der Waals surface area contributed by atoms with Crippen LogP contribution in [0.2, 0.25) is 0 Å². The minimum atomic E-state index is -0.796. The number of hydrogen-bond donors (Lipinski definition) is 2. The Morgan fingerprint density at radius 1 is 1.09 bits per heavy atom. The van der Waals surface area contributed by atoms with E-state index < -0.39 is 5.97 Å². The quantitative estimate of drug-likeness (QED) is 0.758. The number of hydrogen-bond acceptors (Lipinski definition) is 2. The molecule has 0 aromatic heterocycles. The third kappa shape index (κ3) is 7.59. The molecule has 0 spiro atoms. The fraction of sp³-hybridized carbons (Fsp3) is 0.176. The van der Waals surface area contributed by atoms with Crippen molar-refractivity contribution in [1.82, 2.24) is 0 Å². The van der Waals surface area contributed by atoms with Crippen molar-refractivity contribution in [3.8, 4) is 0 Å². The van der Waals surface area contributed by atoms with Gasteiger partial charge in [-0.25, -0.2) is 0 Å². The van der Waals surface area contributed by atoms with Crippen molar-refractivity contribution >= 4 is 34.0 Å². The van der Waals surface area contributed by atoms with E-state index in [4.69, 9.17) is 5.11 Å². The Morgan fingerprint density at radius 3 is 2.27 bits per heavy atom. The SMILES string of the molecule is Brc1ccccc1.O=CNc1ccccc1CCCC(=O)O. The second-order valence-corrected chi connectivity index (χ2v) is 5.38. The first-order valence-electron chi connectivity index (χ1n) is 6.84. The van der Waals surface area contributed by atoms with Crippen LogP contribution in [-0.2, 0) is 16.0 Å². The van der Waals surface area contributed by atoms with Gasteiger partial charge in [0.2, 0.25) is 6.41 Å². The smallest absolute Gasteiger partial charge is 0.303 e. The molecule has 0 atom stereocenters. The van der Waals surface area contributed by atoms with Crippen LogP contribution in [0.25, 0.3) is 0 Å². The predicted molar refractivity (Wildman–Crippen MR) is 90.8 cm³/mol. The van der Waals surface area contributed by atoms with Crippen LogP contribution < -0.4 is 5.32 Å². The van der Waals surface area contributed by atoms with E-state index >= 15 is 0 Å². The van der Waals surface area contributed by atoms with Crippen LogP contribution in [0.15, 0.2) is 59.1 Å². The van der Waals surface area contributed by atoms with Crippen LogP contribution in [-0.4, -0.2) is 17.5 Å². The molecule has 116 valence electrons. The number of carbonyl (C=O) groups is 2. The summed E-state index contributed by atoms with van der Waals surface area (Å²) in [4.78, 5) is 20.6. The van der Waals surface area contributed by atoms with Gasteiger partial charge in [-0.05, 0) is 36.6 Å². The van der Waals surface area contributed by atoms with Crippen LogP contribution in [0.5, 0.6) is 0 Å². The van der Waals surface area contributed by atoms with E-state index in [1.807, 2.05) is 48.5 Å². The second kappa shape index (κ2) is 10.6. The number of halogens is 1. The molecule has 0 aliphatic heterocycles. The van der Waals surface area contributed by atoms with Crippen LogP contribution in [0, 0.1) is 0 Å². The maximum absolute atomic E-state index is 10.3. The molecular weight excluding hydrogens is 346 g/mol. The number of carbonyl (C=O) groups excluding carboxylic acids is 1. The highest BCUT2D eigenvalue weighted by atomic mass is 79.9. The molecular formula is C17H18BrNO3. The summed E-state index contributed by atoms with van der Waals surface area (Å²) in [5.74, 6) is -0.796. The summed E-state index contributed by atoms with van der Waals surface area (Å²) in [7, 11) is 0. The second-order valence-electron chi connectivity index (χ2n) is 4.46. The van der Waals surface area contributed by atoms with Gasteiger partial charge in [0.05, 0.1) is 0 Å². The number of amides is 1. The summed E-state index contributed by atoms with van der Waals surface area (Å²) >= 11 is 3.31. The Kier molecular flexibility index (Phi) is 8.60. The predicted octanol–water partition coefficient (Wildman–Crippen LogP) is 4.11. The minimum absolute atomic E-state index is 0.148. The van der Waals surface area contributed by atoms with Crippen molar-refractivity contribution in [3.05, 3.63) is 64.6 Å². The summed E-state index contributed by atoms with van der Waals surface area (Å²) in [5, 5.41) is 11.1. The number of carboxylic acid groups (broad SMARTS) is 1. The number of aliphatic carboxylic acids is 1. The molecule has 1 amide bonds. The highest BCUT2D eigenvalue weighted by molar-refractivity contribution is 9.10. The van der Waals surface area contributed by atoms with E-state index in [9.17, 15) is 9.59 Å². The third-order valence-electron chi connectivity index (χ3n) is 2.80.